The summed E-state index contributed by atoms with van der Waals surface area (Å²) in [7, 11) is 0. The van der Waals surface area contributed by atoms with Crippen LogP contribution >= 0.6 is 11.3 Å². The highest BCUT2D eigenvalue weighted by Crippen LogP contribution is 2.29. The Morgan fingerprint density at radius 1 is 1.04 bits per heavy atom. The molecule has 0 aliphatic carbocycles. The second kappa shape index (κ2) is 6.37. The standard InChI is InChI=1S/C15H6F4N4OS/c16-7-3-10(19)13-11(4-7)25-15(22-13)23-14(24)21-12-8(17)1-6(5-20)2-9(12)18/h1-4H,(H2,21,22,23,24). The number of aromatic nitrogens is 1. The second-order valence-corrected chi connectivity index (χ2v) is 5.79. The van der Waals surface area contributed by atoms with E-state index in [9.17, 15) is 22.4 Å². The molecule has 2 aromatic carbocycles. The Kier molecular flexibility index (Phi) is 4.24. The summed E-state index contributed by atoms with van der Waals surface area (Å²) in [5.74, 6) is -3.97. The van der Waals surface area contributed by atoms with Crippen molar-refractivity contribution in [3.63, 3.8) is 0 Å². The number of anilines is 2. The fraction of sp³-hybridized carbons (Fsp3) is 0. The van der Waals surface area contributed by atoms with E-state index in [2.05, 4.69) is 10.3 Å². The van der Waals surface area contributed by atoms with E-state index in [4.69, 9.17) is 5.26 Å². The molecule has 10 heteroatoms. The van der Waals surface area contributed by atoms with E-state index in [0.29, 0.717) is 6.07 Å². The summed E-state index contributed by atoms with van der Waals surface area (Å²) in [6.07, 6.45) is 0. The van der Waals surface area contributed by atoms with Gasteiger partial charge in [0.1, 0.15) is 17.0 Å². The Hall–Kier alpha value is -3.19. The number of thiazole rings is 1. The van der Waals surface area contributed by atoms with Gasteiger partial charge in [0.25, 0.3) is 0 Å². The maximum Gasteiger partial charge on any atom is 0.325 e. The number of nitriles is 1. The topological polar surface area (TPSA) is 77.8 Å². The highest BCUT2D eigenvalue weighted by molar-refractivity contribution is 7.22. The molecule has 25 heavy (non-hydrogen) atoms. The third-order valence-electron chi connectivity index (χ3n) is 3.04. The smallest absolute Gasteiger partial charge is 0.302 e. The molecule has 5 nitrogen and oxygen atoms in total. The lowest BCUT2D eigenvalue weighted by atomic mass is 10.2. The van der Waals surface area contributed by atoms with E-state index < -0.39 is 35.0 Å². The Bertz CT molecular complexity index is 1020. The number of fused-ring (bicyclic) bond motifs is 1. The second-order valence-electron chi connectivity index (χ2n) is 4.76. The molecule has 0 bridgehead atoms. The molecule has 0 aliphatic heterocycles. The zero-order valence-electron chi connectivity index (χ0n) is 12.0. The minimum atomic E-state index is -1.14. The molecule has 3 rings (SSSR count). The number of benzene rings is 2. The number of carbonyl (C=O) groups is 1. The number of amides is 2. The summed E-state index contributed by atoms with van der Waals surface area (Å²) < 4.78 is 54.3. The Morgan fingerprint density at radius 3 is 2.36 bits per heavy atom. The summed E-state index contributed by atoms with van der Waals surface area (Å²) in [4.78, 5) is 15.6. The highest BCUT2D eigenvalue weighted by atomic mass is 32.1. The molecule has 0 saturated carbocycles. The SMILES string of the molecule is N#Cc1cc(F)c(NC(=O)Nc2nc3c(F)cc(F)cc3s2)c(F)c1. The lowest BCUT2D eigenvalue weighted by Crippen LogP contribution is -2.21. The lowest BCUT2D eigenvalue weighted by molar-refractivity contribution is 0.262. The van der Waals surface area contributed by atoms with Crippen LogP contribution in [0.15, 0.2) is 24.3 Å². The maximum absolute atomic E-state index is 13.7. The van der Waals surface area contributed by atoms with Crippen molar-refractivity contribution >= 4 is 38.4 Å². The minimum absolute atomic E-state index is 0.0912. The van der Waals surface area contributed by atoms with E-state index in [0.717, 1.165) is 29.5 Å². The molecular weight excluding hydrogens is 360 g/mol. The molecule has 0 atom stereocenters. The van der Waals surface area contributed by atoms with Gasteiger partial charge in [-0.15, -0.1) is 0 Å². The monoisotopic (exact) mass is 366 g/mol. The average molecular weight is 366 g/mol. The fourth-order valence-electron chi connectivity index (χ4n) is 2.01. The van der Waals surface area contributed by atoms with E-state index >= 15 is 0 Å². The van der Waals surface area contributed by atoms with Crippen molar-refractivity contribution < 1.29 is 22.4 Å². The zero-order chi connectivity index (χ0) is 18.1. The predicted molar refractivity (Wildman–Crippen MR) is 83.3 cm³/mol. The van der Waals surface area contributed by atoms with Crippen molar-refractivity contribution in [1.29, 1.82) is 5.26 Å². The van der Waals surface area contributed by atoms with Crippen LogP contribution in [0.2, 0.25) is 0 Å². The van der Waals surface area contributed by atoms with Crippen LogP contribution in [-0.4, -0.2) is 11.0 Å². The predicted octanol–water partition coefficient (Wildman–Crippen LogP) is 4.37. The number of halogens is 4. The summed E-state index contributed by atoms with van der Waals surface area (Å²) in [5, 5.41) is 12.6. The molecule has 126 valence electrons. The molecule has 0 aliphatic rings. The first-order chi connectivity index (χ1) is 11.9. The first kappa shape index (κ1) is 16.7. The number of hydrogen-bond acceptors (Lipinski definition) is 4. The van der Waals surface area contributed by atoms with Crippen molar-refractivity contribution in [1.82, 2.24) is 4.98 Å². The molecule has 0 radical (unpaired) electrons. The molecule has 0 spiro atoms. The van der Waals surface area contributed by atoms with Crippen LogP contribution in [0.1, 0.15) is 5.56 Å². The van der Waals surface area contributed by atoms with Gasteiger partial charge in [-0.25, -0.2) is 27.3 Å². The normalized spacial score (nSPS) is 10.5. The molecule has 3 aromatic rings. The summed E-state index contributed by atoms with van der Waals surface area (Å²) >= 11 is 0.785. The number of carbonyl (C=O) groups excluding carboxylic acids is 1. The minimum Gasteiger partial charge on any atom is -0.302 e. The molecule has 0 saturated heterocycles. The molecule has 1 heterocycles. The zero-order valence-corrected chi connectivity index (χ0v) is 12.8. The van der Waals surface area contributed by atoms with Gasteiger partial charge in [-0.05, 0) is 18.2 Å². The van der Waals surface area contributed by atoms with Crippen LogP contribution < -0.4 is 10.6 Å². The summed E-state index contributed by atoms with van der Waals surface area (Å²) in [6.45, 7) is 0. The Morgan fingerprint density at radius 2 is 1.72 bits per heavy atom. The van der Waals surface area contributed by atoms with Crippen LogP contribution in [0.4, 0.5) is 33.2 Å². The van der Waals surface area contributed by atoms with Gasteiger partial charge < -0.3 is 5.32 Å². The van der Waals surface area contributed by atoms with Crippen molar-refractivity contribution in [3.8, 4) is 6.07 Å². The summed E-state index contributed by atoms with van der Waals surface area (Å²) in [6, 6.07) is 3.74. The fourth-order valence-corrected chi connectivity index (χ4v) is 2.91. The quantitative estimate of drug-likeness (QED) is 0.661. The molecule has 0 fully saturated rings. The van der Waals surface area contributed by atoms with Gasteiger partial charge in [0.15, 0.2) is 22.6 Å². The van der Waals surface area contributed by atoms with Gasteiger partial charge in [0.2, 0.25) is 0 Å². The Labute approximate surface area is 141 Å². The van der Waals surface area contributed by atoms with Gasteiger partial charge >= 0.3 is 6.03 Å². The molecule has 0 unspecified atom stereocenters. The molecule has 2 N–H and O–H groups in total. The van der Waals surface area contributed by atoms with Crippen LogP contribution in [0.3, 0.4) is 0 Å². The number of hydrogen-bond donors (Lipinski definition) is 2. The molecule has 1 aromatic heterocycles. The maximum atomic E-state index is 13.7. The first-order valence-electron chi connectivity index (χ1n) is 6.60. The summed E-state index contributed by atoms with van der Waals surface area (Å²) in [5.41, 5.74) is -1.14. The third-order valence-corrected chi connectivity index (χ3v) is 3.96. The van der Waals surface area contributed by atoms with Crippen molar-refractivity contribution in [2.45, 2.75) is 0 Å². The van der Waals surface area contributed by atoms with Gasteiger partial charge in [-0.3, -0.25) is 5.32 Å². The van der Waals surface area contributed by atoms with Crippen LogP contribution in [0, 0.1) is 34.6 Å². The number of rotatable bonds is 2. The molecular formula is C15H6F4N4OS. The van der Waals surface area contributed by atoms with E-state index in [1.807, 2.05) is 5.32 Å². The van der Waals surface area contributed by atoms with E-state index in [-0.39, 0.29) is 20.9 Å². The van der Waals surface area contributed by atoms with E-state index in [1.165, 1.54) is 0 Å². The van der Waals surface area contributed by atoms with Gasteiger partial charge in [0.05, 0.1) is 16.3 Å². The molecule has 2 amide bonds. The highest BCUT2D eigenvalue weighted by Gasteiger charge is 2.16. The third kappa shape index (κ3) is 3.36. The number of nitrogens with zero attached hydrogens (tertiary/aromatic N) is 2. The number of urea groups is 1. The average Bonchev–Trinajstić information content (AvgIpc) is 2.93. The Balaban J connectivity index is 1.82. The van der Waals surface area contributed by atoms with Crippen LogP contribution in [0.25, 0.3) is 10.2 Å². The number of nitrogens with one attached hydrogen (secondary N) is 2. The van der Waals surface area contributed by atoms with Crippen molar-refractivity contribution in [2.75, 3.05) is 10.6 Å². The lowest BCUT2D eigenvalue weighted by Gasteiger charge is -2.08. The van der Waals surface area contributed by atoms with E-state index in [1.54, 1.807) is 6.07 Å². The van der Waals surface area contributed by atoms with Crippen LogP contribution in [0.5, 0.6) is 0 Å². The first-order valence-corrected chi connectivity index (χ1v) is 7.42. The van der Waals surface area contributed by atoms with Gasteiger partial charge in [-0.2, -0.15) is 5.26 Å². The van der Waals surface area contributed by atoms with Gasteiger partial charge in [0, 0.05) is 6.07 Å². The largest absolute Gasteiger partial charge is 0.325 e. The van der Waals surface area contributed by atoms with Crippen molar-refractivity contribution in [3.05, 3.63) is 53.1 Å². The van der Waals surface area contributed by atoms with Crippen molar-refractivity contribution in [2.24, 2.45) is 0 Å². The van der Waals surface area contributed by atoms with Gasteiger partial charge in [-0.1, -0.05) is 11.3 Å². The van der Waals surface area contributed by atoms with Crippen LogP contribution in [-0.2, 0) is 0 Å².